The average molecular weight is 222 g/mol. The number of carbonyl (C=O) groups is 1. The fourth-order valence-electron chi connectivity index (χ4n) is 2.27. The van der Waals surface area contributed by atoms with E-state index in [1.165, 1.54) is 12.7 Å². The summed E-state index contributed by atoms with van der Waals surface area (Å²) in [5.74, 6) is 0.956. The Morgan fingerprint density at radius 1 is 1.62 bits per heavy atom. The van der Waals surface area contributed by atoms with Crippen LogP contribution < -0.4 is 5.73 Å². The first-order valence-electron chi connectivity index (χ1n) is 5.70. The van der Waals surface area contributed by atoms with Gasteiger partial charge >= 0.3 is 0 Å². The molecule has 1 aromatic heterocycles. The summed E-state index contributed by atoms with van der Waals surface area (Å²) >= 11 is 0. The summed E-state index contributed by atoms with van der Waals surface area (Å²) in [4.78, 5) is 15.9. The number of aromatic nitrogens is 3. The molecule has 0 unspecified atom stereocenters. The van der Waals surface area contributed by atoms with Gasteiger partial charge in [-0.3, -0.25) is 9.48 Å². The van der Waals surface area contributed by atoms with Gasteiger partial charge < -0.3 is 5.73 Å². The lowest BCUT2D eigenvalue weighted by Crippen LogP contribution is -2.39. The number of ketones is 1. The standard InChI is InChI=1S/C11H18N4O/c1-15-10(13-8-14-15)5-9(16)6-11(7-12)3-2-4-11/h8H,2-7,12H2,1H3. The van der Waals surface area contributed by atoms with Gasteiger partial charge in [0.15, 0.2) is 0 Å². The molecule has 0 bridgehead atoms. The van der Waals surface area contributed by atoms with Crippen molar-refractivity contribution in [1.29, 1.82) is 0 Å². The summed E-state index contributed by atoms with van der Waals surface area (Å²) in [7, 11) is 1.80. The van der Waals surface area contributed by atoms with Gasteiger partial charge in [-0.1, -0.05) is 6.42 Å². The van der Waals surface area contributed by atoms with Gasteiger partial charge in [0.1, 0.15) is 17.9 Å². The van der Waals surface area contributed by atoms with Gasteiger partial charge in [0.05, 0.1) is 6.42 Å². The minimum absolute atomic E-state index is 0.0929. The van der Waals surface area contributed by atoms with Gasteiger partial charge in [-0.25, -0.2) is 4.98 Å². The van der Waals surface area contributed by atoms with Crippen molar-refractivity contribution < 1.29 is 4.79 Å². The van der Waals surface area contributed by atoms with E-state index in [9.17, 15) is 4.79 Å². The second-order valence-corrected chi connectivity index (χ2v) is 4.75. The highest BCUT2D eigenvalue weighted by Crippen LogP contribution is 2.43. The highest BCUT2D eigenvalue weighted by atomic mass is 16.1. The second-order valence-electron chi connectivity index (χ2n) is 4.75. The first-order chi connectivity index (χ1) is 7.65. The molecule has 1 aromatic rings. The van der Waals surface area contributed by atoms with Crippen molar-refractivity contribution in [1.82, 2.24) is 14.8 Å². The first-order valence-corrected chi connectivity index (χ1v) is 5.70. The van der Waals surface area contributed by atoms with E-state index in [0.717, 1.165) is 18.7 Å². The van der Waals surface area contributed by atoms with Crippen molar-refractivity contribution in [3.05, 3.63) is 12.2 Å². The number of Topliss-reactive ketones (excluding diaryl/α,β-unsaturated/α-hetero) is 1. The molecule has 0 spiro atoms. The summed E-state index contributed by atoms with van der Waals surface area (Å²) in [5.41, 5.74) is 5.83. The van der Waals surface area contributed by atoms with E-state index in [4.69, 9.17) is 5.73 Å². The normalized spacial score (nSPS) is 18.1. The fourth-order valence-corrected chi connectivity index (χ4v) is 2.27. The number of nitrogens with zero attached hydrogens (tertiary/aromatic N) is 3. The lowest BCUT2D eigenvalue weighted by Gasteiger charge is -2.40. The monoisotopic (exact) mass is 222 g/mol. The molecule has 0 radical (unpaired) electrons. The molecule has 0 aliphatic heterocycles. The molecular weight excluding hydrogens is 204 g/mol. The Bertz CT molecular complexity index is 376. The Labute approximate surface area is 95.0 Å². The SMILES string of the molecule is Cn1ncnc1CC(=O)CC1(CN)CCC1. The van der Waals surface area contributed by atoms with E-state index >= 15 is 0 Å². The molecule has 0 amide bonds. The predicted molar refractivity (Wildman–Crippen MR) is 59.7 cm³/mol. The summed E-state index contributed by atoms with van der Waals surface area (Å²) < 4.78 is 1.65. The maximum Gasteiger partial charge on any atom is 0.141 e. The van der Waals surface area contributed by atoms with Crippen molar-refractivity contribution >= 4 is 5.78 Å². The smallest absolute Gasteiger partial charge is 0.141 e. The van der Waals surface area contributed by atoms with Crippen LogP contribution in [0.3, 0.4) is 0 Å². The molecule has 0 saturated heterocycles. The van der Waals surface area contributed by atoms with Crippen LogP contribution in [0.1, 0.15) is 31.5 Å². The summed E-state index contributed by atoms with van der Waals surface area (Å²) in [6.45, 7) is 0.623. The number of carbonyl (C=O) groups excluding carboxylic acids is 1. The number of hydrogen-bond donors (Lipinski definition) is 1. The maximum atomic E-state index is 11.9. The zero-order chi connectivity index (χ0) is 11.6. The molecule has 1 saturated carbocycles. The molecule has 2 rings (SSSR count). The van der Waals surface area contributed by atoms with Gasteiger partial charge in [-0.05, 0) is 24.8 Å². The Morgan fingerprint density at radius 3 is 2.81 bits per heavy atom. The topological polar surface area (TPSA) is 73.8 Å². The molecule has 1 aliphatic carbocycles. The first kappa shape index (κ1) is 11.3. The Hall–Kier alpha value is -1.23. The highest BCUT2D eigenvalue weighted by molar-refractivity contribution is 5.81. The van der Waals surface area contributed by atoms with Gasteiger partial charge in [0, 0.05) is 13.5 Å². The van der Waals surface area contributed by atoms with E-state index in [-0.39, 0.29) is 11.2 Å². The van der Waals surface area contributed by atoms with Crippen molar-refractivity contribution in [2.24, 2.45) is 18.2 Å². The quantitative estimate of drug-likeness (QED) is 0.784. The molecule has 1 fully saturated rings. The minimum Gasteiger partial charge on any atom is -0.330 e. The number of aryl methyl sites for hydroxylation is 1. The molecule has 1 aliphatic rings. The molecule has 88 valence electrons. The van der Waals surface area contributed by atoms with Crippen LogP contribution in [0.4, 0.5) is 0 Å². The largest absolute Gasteiger partial charge is 0.330 e. The average Bonchev–Trinajstić information content (AvgIpc) is 2.58. The number of hydrogen-bond acceptors (Lipinski definition) is 4. The van der Waals surface area contributed by atoms with Crippen molar-refractivity contribution in [2.45, 2.75) is 32.1 Å². The lowest BCUT2D eigenvalue weighted by atomic mass is 9.66. The van der Waals surface area contributed by atoms with E-state index in [1.54, 1.807) is 11.7 Å². The zero-order valence-corrected chi connectivity index (χ0v) is 9.65. The molecule has 2 N–H and O–H groups in total. The minimum atomic E-state index is 0.0929. The summed E-state index contributed by atoms with van der Waals surface area (Å²) in [6.07, 6.45) is 5.83. The van der Waals surface area contributed by atoms with Crippen LogP contribution in [0.2, 0.25) is 0 Å². The van der Waals surface area contributed by atoms with Crippen LogP contribution in [0, 0.1) is 5.41 Å². The van der Waals surface area contributed by atoms with Crippen molar-refractivity contribution in [3.63, 3.8) is 0 Å². The van der Waals surface area contributed by atoms with Crippen molar-refractivity contribution in [2.75, 3.05) is 6.54 Å². The number of rotatable bonds is 5. The molecule has 0 aromatic carbocycles. The second kappa shape index (κ2) is 4.33. The molecular formula is C11H18N4O. The molecule has 5 heteroatoms. The maximum absolute atomic E-state index is 11.9. The zero-order valence-electron chi connectivity index (χ0n) is 9.65. The summed E-state index contributed by atoms with van der Waals surface area (Å²) in [6, 6.07) is 0. The molecule has 0 atom stereocenters. The molecule has 1 heterocycles. The fraction of sp³-hybridized carbons (Fsp3) is 0.727. The van der Waals surface area contributed by atoms with E-state index in [1.807, 2.05) is 0 Å². The Kier molecular flexibility index (Phi) is 3.05. The van der Waals surface area contributed by atoms with Crippen LogP contribution in [0.15, 0.2) is 6.33 Å². The van der Waals surface area contributed by atoms with Crippen LogP contribution in [-0.4, -0.2) is 27.1 Å². The van der Waals surface area contributed by atoms with E-state index in [0.29, 0.717) is 19.4 Å². The third-order valence-corrected chi connectivity index (χ3v) is 3.58. The van der Waals surface area contributed by atoms with Crippen LogP contribution in [0.25, 0.3) is 0 Å². The van der Waals surface area contributed by atoms with Crippen molar-refractivity contribution in [3.8, 4) is 0 Å². The van der Waals surface area contributed by atoms with Crippen LogP contribution in [0.5, 0.6) is 0 Å². The van der Waals surface area contributed by atoms with E-state index < -0.39 is 0 Å². The number of nitrogens with two attached hydrogens (primary N) is 1. The van der Waals surface area contributed by atoms with Gasteiger partial charge in [-0.15, -0.1) is 0 Å². The van der Waals surface area contributed by atoms with Gasteiger partial charge in [0.25, 0.3) is 0 Å². The Balaban J connectivity index is 1.92. The third kappa shape index (κ3) is 2.14. The van der Waals surface area contributed by atoms with E-state index in [2.05, 4.69) is 10.1 Å². The molecule has 5 nitrogen and oxygen atoms in total. The van der Waals surface area contributed by atoms with Crippen LogP contribution >= 0.6 is 0 Å². The summed E-state index contributed by atoms with van der Waals surface area (Å²) in [5, 5.41) is 3.95. The Morgan fingerprint density at radius 2 is 2.38 bits per heavy atom. The third-order valence-electron chi connectivity index (χ3n) is 3.58. The predicted octanol–water partition coefficient (Wildman–Crippen LogP) is 0.446. The van der Waals surface area contributed by atoms with Gasteiger partial charge in [-0.2, -0.15) is 5.10 Å². The van der Waals surface area contributed by atoms with Gasteiger partial charge in [0.2, 0.25) is 0 Å². The lowest BCUT2D eigenvalue weighted by molar-refractivity contribution is -0.122. The van der Waals surface area contributed by atoms with Crippen LogP contribution in [-0.2, 0) is 18.3 Å². The molecule has 16 heavy (non-hydrogen) atoms. The highest BCUT2D eigenvalue weighted by Gasteiger charge is 2.37.